The quantitative estimate of drug-likeness (QED) is 0.343. The molecule has 0 unspecified atom stereocenters. The Morgan fingerprint density at radius 1 is 1.12 bits per heavy atom. The van der Waals surface area contributed by atoms with Crippen molar-refractivity contribution in [1.82, 2.24) is 10.2 Å². The van der Waals surface area contributed by atoms with Gasteiger partial charge in [0.2, 0.25) is 0 Å². The van der Waals surface area contributed by atoms with Crippen molar-refractivity contribution >= 4 is 33.3 Å². The lowest BCUT2D eigenvalue weighted by molar-refractivity contribution is -0.384. The van der Waals surface area contributed by atoms with Gasteiger partial charge in [0.15, 0.2) is 0 Å². The Kier molecular flexibility index (Phi) is 6.19. The highest BCUT2D eigenvalue weighted by atomic mass is 32.2. The Bertz CT molecular complexity index is 1130. The zero-order valence-electron chi connectivity index (χ0n) is 17.3. The molecule has 11 nitrogen and oxygen atoms in total. The van der Waals surface area contributed by atoms with Gasteiger partial charge in [0.25, 0.3) is 21.6 Å². The van der Waals surface area contributed by atoms with Gasteiger partial charge < -0.3 is 10.4 Å². The third kappa shape index (κ3) is 4.55. The number of nitro benzene ring substituents is 1. The number of nitro groups is 1. The topological polar surface area (TPSA) is 150 Å². The first kappa shape index (κ1) is 23.2. The van der Waals surface area contributed by atoms with Crippen molar-refractivity contribution in [2.45, 2.75) is 30.4 Å². The van der Waals surface area contributed by atoms with Crippen LogP contribution in [0.1, 0.15) is 13.8 Å². The largest absolute Gasteiger partial charge is 0.389 e. The summed E-state index contributed by atoms with van der Waals surface area (Å²) < 4.78 is 27.5. The SMILES string of the molecule is CC1(C)NC(=O)N(C[C@H](O)CN(c2ccccc2)S(=O)(=O)c2ccc([N+](=O)[O-])cc2)C1=O. The molecule has 1 aliphatic heterocycles. The molecule has 0 aliphatic carbocycles. The lowest BCUT2D eigenvalue weighted by Gasteiger charge is -2.28. The van der Waals surface area contributed by atoms with Gasteiger partial charge in [-0.3, -0.25) is 24.1 Å². The minimum absolute atomic E-state index is 0.213. The van der Waals surface area contributed by atoms with Crippen LogP contribution in [0, 0.1) is 10.1 Å². The number of hydrogen-bond donors (Lipinski definition) is 2. The maximum absolute atomic E-state index is 13.3. The number of hydrogen-bond acceptors (Lipinski definition) is 7. The highest BCUT2D eigenvalue weighted by Gasteiger charge is 2.45. The summed E-state index contributed by atoms with van der Waals surface area (Å²) in [4.78, 5) is 35.3. The molecule has 2 aromatic rings. The standard InChI is InChI=1S/C20H22N4O7S/c1-20(2)18(26)22(19(27)21-20)12-16(25)13-23(14-6-4-3-5-7-14)32(30,31)17-10-8-15(9-11-17)24(28)29/h3-11,16,25H,12-13H2,1-2H3,(H,21,27)/t16-/m0/s1. The summed E-state index contributed by atoms with van der Waals surface area (Å²) >= 11 is 0. The third-order valence-corrected chi connectivity index (χ3v) is 6.70. The average Bonchev–Trinajstić information content (AvgIpc) is 2.94. The number of sulfonamides is 1. The molecule has 2 aromatic carbocycles. The molecule has 1 atom stereocenters. The number of para-hydroxylation sites is 1. The number of β-amino-alcohol motifs (C(OH)–C–C–N with tert-alkyl or cyclic N) is 1. The van der Waals surface area contributed by atoms with E-state index < -0.39 is 51.6 Å². The van der Waals surface area contributed by atoms with Crippen LogP contribution in [0.5, 0.6) is 0 Å². The first-order valence-corrected chi connectivity index (χ1v) is 11.0. The van der Waals surface area contributed by atoms with E-state index in [1.807, 2.05) is 0 Å². The smallest absolute Gasteiger partial charge is 0.325 e. The van der Waals surface area contributed by atoms with Gasteiger partial charge in [-0.25, -0.2) is 13.2 Å². The molecule has 3 amide bonds. The number of non-ortho nitro benzene ring substituents is 1. The molecule has 2 N–H and O–H groups in total. The Hall–Kier alpha value is -3.51. The van der Waals surface area contributed by atoms with E-state index in [4.69, 9.17) is 0 Å². The molecule has 0 saturated carbocycles. The monoisotopic (exact) mass is 462 g/mol. The highest BCUT2D eigenvalue weighted by molar-refractivity contribution is 7.92. The molecular weight excluding hydrogens is 440 g/mol. The van der Waals surface area contributed by atoms with Crippen LogP contribution in [0.15, 0.2) is 59.5 Å². The van der Waals surface area contributed by atoms with Crippen LogP contribution in [0.25, 0.3) is 0 Å². The van der Waals surface area contributed by atoms with Crippen molar-refractivity contribution in [3.63, 3.8) is 0 Å². The first-order chi connectivity index (χ1) is 14.9. The number of anilines is 1. The molecule has 0 radical (unpaired) electrons. The molecule has 0 spiro atoms. The number of carbonyl (C=O) groups is 2. The summed E-state index contributed by atoms with van der Waals surface area (Å²) in [5, 5.41) is 24.0. The Morgan fingerprint density at radius 2 is 1.72 bits per heavy atom. The maximum Gasteiger partial charge on any atom is 0.325 e. The molecule has 0 aromatic heterocycles. The van der Waals surface area contributed by atoms with Crippen LogP contribution in [-0.2, 0) is 14.8 Å². The Labute approximate surface area is 184 Å². The van der Waals surface area contributed by atoms with Crippen LogP contribution < -0.4 is 9.62 Å². The summed E-state index contributed by atoms with van der Waals surface area (Å²) in [6.07, 6.45) is -1.40. The van der Waals surface area contributed by atoms with Crippen molar-refractivity contribution < 1.29 is 28.0 Å². The Morgan fingerprint density at radius 3 is 2.22 bits per heavy atom. The van der Waals surface area contributed by atoms with E-state index in [0.29, 0.717) is 0 Å². The summed E-state index contributed by atoms with van der Waals surface area (Å²) in [7, 11) is -4.23. The van der Waals surface area contributed by atoms with Gasteiger partial charge >= 0.3 is 6.03 Å². The molecule has 3 rings (SSSR count). The van der Waals surface area contributed by atoms with Gasteiger partial charge in [0.1, 0.15) is 5.54 Å². The number of benzene rings is 2. The number of urea groups is 1. The van der Waals surface area contributed by atoms with E-state index in [1.54, 1.807) is 18.2 Å². The number of imide groups is 1. The fourth-order valence-corrected chi connectivity index (χ4v) is 4.75. The van der Waals surface area contributed by atoms with Gasteiger partial charge in [-0.1, -0.05) is 18.2 Å². The van der Waals surface area contributed by atoms with E-state index in [-0.39, 0.29) is 16.3 Å². The second kappa shape index (κ2) is 8.55. The number of rotatable bonds is 8. The molecule has 12 heteroatoms. The summed E-state index contributed by atoms with van der Waals surface area (Å²) in [6, 6.07) is 11.6. The lowest BCUT2D eigenvalue weighted by atomic mass is 10.1. The van der Waals surface area contributed by atoms with Crippen molar-refractivity contribution in [1.29, 1.82) is 0 Å². The normalized spacial score (nSPS) is 16.5. The molecule has 170 valence electrons. The summed E-state index contributed by atoms with van der Waals surface area (Å²) in [5.41, 5.74) is -1.15. The predicted octanol–water partition coefficient (Wildman–Crippen LogP) is 1.48. The molecule has 1 aliphatic rings. The van der Waals surface area contributed by atoms with E-state index in [1.165, 1.54) is 26.0 Å². The van der Waals surface area contributed by atoms with E-state index >= 15 is 0 Å². The molecular formula is C20H22N4O7S. The molecule has 1 fully saturated rings. The number of carbonyl (C=O) groups excluding carboxylic acids is 2. The summed E-state index contributed by atoms with van der Waals surface area (Å²) in [6.45, 7) is 2.18. The van der Waals surface area contributed by atoms with Crippen LogP contribution in [0.4, 0.5) is 16.2 Å². The minimum atomic E-state index is -4.23. The second-order valence-corrected chi connectivity index (χ2v) is 9.61. The first-order valence-electron chi connectivity index (χ1n) is 9.58. The Balaban J connectivity index is 1.89. The van der Waals surface area contributed by atoms with Crippen LogP contribution in [0.2, 0.25) is 0 Å². The van der Waals surface area contributed by atoms with Gasteiger partial charge in [0.05, 0.1) is 34.7 Å². The van der Waals surface area contributed by atoms with Crippen LogP contribution in [0.3, 0.4) is 0 Å². The fraction of sp³-hybridized carbons (Fsp3) is 0.300. The second-order valence-electron chi connectivity index (χ2n) is 7.75. The van der Waals surface area contributed by atoms with Gasteiger partial charge in [0, 0.05) is 12.1 Å². The van der Waals surface area contributed by atoms with E-state index in [9.17, 15) is 33.2 Å². The van der Waals surface area contributed by atoms with Crippen molar-refractivity contribution in [2.24, 2.45) is 0 Å². The van der Waals surface area contributed by atoms with Gasteiger partial charge in [-0.05, 0) is 38.1 Å². The van der Waals surface area contributed by atoms with Crippen LogP contribution in [-0.4, -0.2) is 60.0 Å². The predicted molar refractivity (Wildman–Crippen MR) is 114 cm³/mol. The van der Waals surface area contributed by atoms with Crippen LogP contribution >= 0.6 is 0 Å². The highest BCUT2D eigenvalue weighted by Crippen LogP contribution is 2.26. The van der Waals surface area contributed by atoms with E-state index in [0.717, 1.165) is 33.5 Å². The van der Waals surface area contributed by atoms with Crippen molar-refractivity contribution in [3.8, 4) is 0 Å². The molecule has 0 bridgehead atoms. The number of amides is 3. The van der Waals surface area contributed by atoms with Crippen molar-refractivity contribution in [3.05, 3.63) is 64.7 Å². The van der Waals surface area contributed by atoms with Crippen molar-refractivity contribution in [2.75, 3.05) is 17.4 Å². The van der Waals surface area contributed by atoms with Gasteiger partial charge in [-0.2, -0.15) is 0 Å². The molecule has 1 saturated heterocycles. The zero-order valence-corrected chi connectivity index (χ0v) is 18.2. The zero-order chi connectivity index (χ0) is 23.7. The minimum Gasteiger partial charge on any atom is -0.389 e. The number of nitrogens with zero attached hydrogens (tertiary/aromatic N) is 3. The third-order valence-electron chi connectivity index (χ3n) is 4.89. The fourth-order valence-electron chi connectivity index (χ4n) is 3.25. The maximum atomic E-state index is 13.3. The van der Waals surface area contributed by atoms with Gasteiger partial charge in [-0.15, -0.1) is 0 Å². The van der Waals surface area contributed by atoms with E-state index in [2.05, 4.69) is 5.32 Å². The number of aliphatic hydroxyl groups is 1. The summed E-state index contributed by atoms with van der Waals surface area (Å²) in [5.74, 6) is -0.536. The molecule has 1 heterocycles. The average molecular weight is 462 g/mol. The molecule has 32 heavy (non-hydrogen) atoms. The number of nitrogens with one attached hydrogen (secondary N) is 1. The number of aliphatic hydroxyl groups excluding tert-OH is 1. The lowest BCUT2D eigenvalue weighted by Crippen LogP contribution is -2.45.